The monoisotopic (exact) mass is 252 g/mol. The molecule has 0 aromatic heterocycles. The molecule has 1 heterocycles. The van der Waals surface area contributed by atoms with Crippen molar-refractivity contribution in [3.8, 4) is 0 Å². The zero-order chi connectivity index (χ0) is 13.2. The van der Waals surface area contributed by atoms with Crippen LogP contribution in [0.5, 0.6) is 0 Å². The molecule has 1 atom stereocenters. The third kappa shape index (κ3) is 1.97. The van der Waals surface area contributed by atoms with Crippen LogP contribution in [0.4, 0.5) is 5.69 Å². The maximum atomic E-state index is 12.4. The molecule has 0 bridgehead atoms. The number of benzene rings is 2. The van der Waals surface area contributed by atoms with E-state index in [0.717, 1.165) is 0 Å². The Kier molecular flexibility index (Phi) is 2.76. The predicted octanol–water partition coefficient (Wildman–Crippen LogP) is 1.85. The number of carbonyl (C=O) groups is 2. The van der Waals surface area contributed by atoms with Gasteiger partial charge in [-0.15, -0.1) is 0 Å². The van der Waals surface area contributed by atoms with E-state index in [0.29, 0.717) is 11.3 Å². The molecule has 4 nitrogen and oxygen atoms in total. The normalized spacial score (nSPS) is 18.5. The Hall–Kier alpha value is -2.62. The molecule has 1 unspecified atom stereocenters. The second-order valence-electron chi connectivity index (χ2n) is 4.33. The van der Waals surface area contributed by atoms with Crippen LogP contribution < -0.4 is 10.4 Å². The topological polar surface area (TPSA) is 49.4 Å². The van der Waals surface area contributed by atoms with E-state index in [2.05, 4.69) is 5.43 Å². The summed E-state index contributed by atoms with van der Waals surface area (Å²) >= 11 is 0. The first-order valence-corrected chi connectivity index (χ1v) is 6.02. The van der Waals surface area contributed by atoms with Gasteiger partial charge in [0.25, 0.3) is 11.8 Å². The first kappa shape index (κ1) is 11.5. The number of para-hydroxylation sites is 1. The zero-order valence-corrected chi connectivity index (χ0v) is 10.1. The van der Waals surface area contributed by atoms with E-state index in [4.69, 9.17) is 0 Å². The molecule has 3 rings (SSSR count). The highest BCUT2D eigenvalue weighted by molar-refractivity contribution is 6.18. The molecule has 2 amide bonds. The maximum Gasteiger partial charge on any atom is 0.262 e. The number of hydrogen-bond donors (Lipinski definition) is 1. The van der Waals surface area contributed by atoms with E-state index in [9.17, 15) is 9.59 Å². The maximum absolute atomic E-state index is 12.4. The smallest absolute Gasteiger partial charge is 0.262 e. The lowest BCUT2D eigenvalue weighted by Crippen LogP contribution is -2.35. The van der Waals surface area contributed by atoms with Crippen LogP contribution >= 0.6 is 0 Å². The van der Waals surface area contributed by atoms with E-state index >= 15 is 0 Å². The molecule has 0 saturated carbocycles. The predicted molar refractivity (Wildman–Crippen MR) is 71.3 cm³/mol. The standard InChI is InChI=1S/C15H12N2O2/c18-14-13(11-7-3-1-4-8-11)15(19)17(16-14)12-9-5-2-6-10-12/h1-10,13H,(H,16,18). The molecular formula is C15H12N2O2. The first-order chi connectivity index (χ1) is 9.27. The fourth-order valence-corrected chi connectivity index (χ4v) is 2.18. The van der Waals surface area contributed by atoms with Crippen LogP contribution in [0, 0.1) is 0 Å². The second kappa shape index (κ2) is 4.57. The average Bonchev–Trinajstić information content (AvgIpc) is 2.76. The Morgan fingerprint density at radius 1 is 0.842 bits per heavy atom. The Bertz CT molecular complexity index is 611. The second-order valence-corrected chi connectivity index (χ2v) is 4.33. The lowest BCUT2D eigenvalue weighted by molar-refractivity contribution is -0.124. The quantitative estimate of drug-likeness (QED) is 0.829. The van der Waals surface area contributed by atoms with E-state index < -0.39 is 5.92 Å². The minimum Gasteiger partial charge on any atom is -0.272 e. The lowest BCUT2D eigenvalue weighted by Gasteiger charge is -2.15. The van der Waals surface area contributed by atoms with E-state index in [1.165, 1.54) is 5.01 Å². The largest absolute Gasteiger partial charge is 0.272 e. The average molecular weight is 252 g/mol. The van der Waals surface area contributed by atoms with Crippen LogP contribution in [-0.4, -0.2) is 11.8 Å². The van der Waals surface area contributed by atoms with Gasteiger partial charge in [-0.1, -0.05) is 48.5 Å². The summed E-state index contributed by atoms with van der Waals surface area (Å²) < 4.78 is 0. The van der Waals surface area contributed by atoms with Crippen molar-refractivity contribution >= 4 is 17.5 Å². The molecule has 1 fully saturated rings. The molecule has 4 heteroatoms. The van der Waals surface area contributed by atoms with Gasteiger partial charge in [-0.25, -0.2) is 5.01 Å². The van der Waals surface area contributed by atoms with Gasteiger partial charge < -0.3 is 0 Å². The Labute approximate surface area is 110 Å². The van der Waals surface area contributed by atoms with Crippen molar-refractivity contribution in [2.45, 2.75) is 5.92 Å². The van der Waals surface area contributed by atoms with Crippen LogP contribution in [0.3, 0.4) is 0 Å². The molecular weight excluding hydrogens is 240 g/mol. The van der Waals surface area contributed by atoms with Crippen LogP contribution in [-0.2, 0) is 9.59 Å². The van der Waals surface area contributed by atoms with Crippen molar-refractivity contribution in [3.63, 3.8) is 0 Å². The number of hydrogen-bond acceptors (Lipinski definition) is 2. The fourth-order valence-electron chi connectivity index (χ4n) is 2.18. The summed E-state index contributed by atoms with van der Waals surface area (Å²) in [6.07, 6.45) is 0. The van der Waals surface area contributed by atoms with Crippen molar-refractivity contribution < 1.29 is 9.59 Å². The molecule has 2 aromatic carbocycles. The van der Waals surface area contributed by atoms with Gasteiger partial charge in [-0.3, -0.25) is 15.0 Å². The summed E-state index contributed by atoms with van der Waals surface area (Å²) in [5.74, 6) is -1.30. The SMILES string of the molecule is O=C1NN(c2ccccc2)C(=O)C1c1ccccc1. The summed E-state index contributed by atoms with van der Waals surface area (Å²) in [5, 5.41) is 1.31. The molecule has 0 radical (unpaired) electrons. The third-order valence-corrected chi connectivity index (χ3v) is 3.10. The van der Waals surface area contributed by atoms with Crippen molar-refractivity contribution in [2.24, 2.45) is 0 Å². The summed E-state index contributed by atoms with van der Waals surface area (Å²) in [4.78, 5) is 24.4. The van der Waals surface area contributed by atoms with Crippen LogP contribution in [0.25, 0.3) is 0 Å². The summed E-state index contributed by atoms with van der Waals surface area (Å²) in [5.41, 5.74) is 3.99. The number of carbonyl (C=O) groups excluding carboxylic acids is 2. The molecule has 1 saturated heterocycles. The highest BCUT2D eigenvalue weighted by Gasteiger charge is 2.40. The molecule has 0 aliphatic carbocycles. The molecule has 19 heavy (non-hydrogen) atoms. The minimum absolute atomic E-state index is 0.248. The molecule has 0 spiro atoms. The van der Waals surface area contributed by atoms with Crippen LogP contribution in [0.1, 0.15) is 11.5 Å². The van der Waals surface area contributed by atoms with Gasteiger partial charge in [-0.2, -0.15) is 0 Å². The fraction of sp³-hybridized carbons (Fsp3) is 0.0667. The highest BCUT2D eigenvalue weighted by atomic mass is 16.2. The van der Waals surface area contributed by atoms with Gasteiger partial charge >= 0.3 is 0 Å². The number of rotatable bonds is 2. The summed E-state index contributed by atoms with van der Waals surface area (Å²) in [6, 6.07) is 18.2. The van der Waals surface area contributed by atoms with E-state index in [1.807, 2.05) is 36.4 Å². The number of nitrogens with zero attached hydrogens (tertiary/aromatic N) is 1. The number of amides is 2. The number of hydrazine groups is 1. The highest BCUT2D eigenvalue weighted by Crippen LogP contribution is 2.26. The summed E-state index contributed by atoms with van der Waals surface area (Å²) in [6.45, 7) is 0. The molecule has 2 aromatic rings. The zero-order valence-electron chi connectivity index (χ0n) is 10.1. The van der Waals surface area contributed by atoms with Gasteiger partial charge in [0.05, 0.1) is 5.69 Å². The molecule has 1 N–H and O–H groups in total. The van der Waals surface area contributed by atoms with Gasteiger partial charge in [-0.05, 0) is 17.7 Å². The van der Waals surface area contributed by atoms with Gasteiger partial charge in [0.15, 0.2) is 0 Å². The molecule has 1 aliphatic rings. The molecule has 1 aliphatic heterocycles. The first-order valence-electron chi connectivity index (χ1n) is 6.02. The Morgan fingerprint density at radius 3 is 2.05 bits per heavy atom. The van der Waals surface area contributed by atoms with Crippen molar-refractivity contribution in [3.05, 3.63) is 66.2 Å². The van der Waals surface area contributed by atoms with Crippen LogP contribution in [0.2, 0.25) is 0 Å². The van der Waals surface area contributed by atoms with Crippen LogP contribution in [0.15, 0.2) is 60.7 Å². The van der Waals surface area contributed by atoms with Crippen molar-refractivity contribution in [1.82, 2.24) is 5.43 Å². The number of anilines is 1. The van der Waals surface area contributed by atoms with Gasteiger partial charge in [0.1, 0.15) is 5.92 Å². The van der Waals surface area contributed by atoms with E-state index in [1.54, 1.807) is 24.3 Å². The molecule has 94 valence electrons. The Balaban J connectivity index is 1.94. The summed E-state index contributed by atoms with van der Waals surface area (Å²) in [7, 11) is 0. The lowest BCUT2D eigenvalue weighted by atomic mass is 9.99. The Morgan fingerprint density at radius 2 is 1.42 bits per heavy atom. The minimum atomic E-state index is -0.763. The van der Waals surface area contributed by atoms with Crippen molar-refractivity contribution in [2.75, 3.05) is 5.01 Å². The van der Waals surface area contributed by atoms with Gasteiger partial charge in [0.2, 0.25) is 0 Å². The number of nitrogens with one attached hydrogen (secondary N) is 1. The van der Waals surface area contributed by atoms with Gasteiger partial charge in [0, 0.05) is 0 Å². The third-order valence-electron chi connectivity index (χ3n) is 3.10. The van der Waals surface area contributed by atoms with E-state index in [-0.39, 0.29) is 11.8 Å². The van der Waals surface area contributed by atoms with Crippen molar-refractivity contribution in [1.29, 1.82) is 0 Å².